The second-order valence-corrected chi connectivity index (χ2v) is 7.36. The number of aliphatic imine (C=N–C) groups is 1. The van der Waals surface area contributed by atoms with Crippen molar-refractivity contribution in [2.75, 3.05) is 33.2 Å². The summed E-state index contributed by atoms with van der Waals surface area (Å²) >= 11 is 1.90. The van der Waals surface area contributed by atoms with Crippen LogP contribution in [0.25, 0.3) is 0 Å². The van der Waals surface area contributed by atoms with Crippen molar-refractivity contribution in [2.45, 2.75) is 39.7 Å². The van der Waals surface area contributed by atoms with Gasteiger partial charge in [-0.15, -0.1) is 35.3 Å². The molecule has 2 rings (SSSR count). The second-order valence-electron chi connectivity index (χ2n) is 6.36. The van der Waals surface area contributed by atoms with Crippen molar-refractivity contribution in [3.8, 4) is 0 Å². The Kier molecular flexibility index (Phi) is 10.1. The molecule has 6 heteroatoms. The summed E-state index contributed by atoms with van der Waals surface area (Å²) in [6.07, 6.45) is 3.67. The summed E-state index contributed by atoms with van der Waals surface area (Å²) in [5.41, 5.74) is 1.52. The van der Waals surface area contributed by atoms with Crippen LogP contribution in [0.15, 0.2) is 16.4 Å². The third-order valence-corrected chi connectivity index (χ3v) is 5.10. The fraction of sp³-hybridized carbons (Fsp3) is 0.706. The van der Waals surface area contributed by atoms with E-state index in [9.17, 15) is 0 Å². The van der Waals surface area contributed by atoms with Crippen LogP contribution in [-0.2, 0) is 13.0 Å². The summed E-state index contributed by atoms with van der Waals surface area (Å²) in [7, 11) is 1.84. The number of hydrogen-bond donors (Lipinski definition) is 2. The van der Waals surface area contributed by atoms with E-state index in [0.717, 1.165) is 38.1 Å². The molecule has 0 saturated heterocycles. The standard InChI is InChI=1S/C17H30N4S.HI/c1-14(2)5-4-8-19-17(18-3)20-9-11-21-10-6-16-15(13-21)7-12-22-16;/h7,12,14H,4-6,8-11,13H2,1-3H3,(H2,18,19,20);1H. The van der Waals surface area contributed by atoms with Gasteiger partial charge >= 0.3 is 0 Å². The maximum Gasteiger partial charge on any atom is 0.191 e. The van der Waals surface area contributed by atoms with Gasteiger partial charge in [-0.25, -0.2) is 0 Å². The smallest absolute Gasteiger partial charge is 0.191 e. The monoisotopic (exact) mass is 450 g/mol. The van der Waals surface area contributed by atoms with Gasteiger partial charge in [-0.3, -0.25) is 9.89 Å². The van der Waals surface area contributed by atoms with Crippen LogP contribution in [0.4, 0.5) is 0 Å². The van der Waals surface area contributed by atoms with Crippen LogP contribution in [0.5, 0.6) is 0 Å². The highest BCUT2D eigenvalue weighted by atomic mass is 127. The fourth-order valence-corrected chi connectivity index (χ4v) is 3.66. The molecule has 0 aliphatic carbocycles. The minimum atomic E-state index is 0. The highest BCUT2D eigenvalue weighted by Crippen LogP contribution is 2.23. The molecule has 0 bridgehead atoms. The van der Waals surface area contributed by atoms with Gasteiger partial charge in [-0.1, -0.05) is 13.8 Å². The Balaban J connectivity index is 0.00000264. The van der Waals surface area contributed by atoms with Crippen LogP contribution in [0.2, 0.25) is 0 Å². The first-order chi connectivity index (χ1) is 10.7. The summed E-state index contributed by atoms with van der Waals surface area (Å²) in [4.78, 5) is 8.39. The van der Waals surface area contributed by atoms with Gasteiger partial charge in [-0.05, 0) is 42.2 Å². The van der Waals surface area contributed by atoms with E-state index in [-0.39, 0.29) is 24.0 Å². The minimum Gasteiger partial charge on any atom is -0.356 e. The van der Waals surface area contributed by atoms with E-state index in [1.54, 1.807) is 4.88 Å². The van der Waals surface area contributed by atoms with E-state index in [4.69, 9.17) is 0 Å². The normalized spacial score (nSPS) is 15.2. The average molecular weight is 450 g/mol. The van der Waals surface area contributed by atoms with Gasteiger partial charge in [0, 0.05) is 44.6 Å². The minimum absolute atomic E-state index is 0. The van der Waals surface area contributed by atoms with Crippen LogP contribution >= 0.6 is 35.3 Å². The highest BCUT2D eigenvalue weighted by Gasteiger charge is 2.16. The molecule has 2 N–H and O–H groups in total. The molecule has 0 fully saturated rings. The predicted molar refractivity (Wildman–Crippen MR) is 112 cm³/mol. The van der Waals surface area contributed by atoms with Gasteiger partial charge in [0.15, 0.2) is 5.96 Å². The zero-order chi connectivity index (χ0) is 15.8. The molecule has 0 spiro atoms. The Morgan fingerprint density at radius 3 is 2.87 bits per heavy atom. The molecular weight excluding hydrogens is 419 g/mol. The Hall–Kier alpha value is -0.340. The number of nitrogens with zero attached hydrogens (tertiary/aromatic N) is 2. The van der Waals surface area contributed by atoms with E-state index >= 15 is 0 Å². The maximum atomic E-state index is 4.29. The largest absolute Gasteiger partial charge is 0.356 e. The molecule has 0 amide bonds. The number of fused-ring (bicyclic) bond motifs is 1. The molecule has 1 aromatic heterocycles. The van der Waals surface area contributed by atoms with Crippen molar-refractivity contribution >= 4 is 41.3 Å². The highest BCUT2D eigenvalue weighted by molar-refractivity contribution is 14.0. The number of hydrogen-bond acceptors (Lipinski definition) is 3. The molecule has 2 heterocycles. The number of rotatable bonds is 7. The van der Waals surface area contributed by atoms with Crippen molar-refractivity contribution < 1.29 is 0 Å². The lowest BCUT2D eigenvalue weighted by Gasteiger charge is -2.27. The van der Waals surface area contributed by atoms with E-state index in [1.807, 2.05) is 18.4 Å². The number of halogens is 1. The second kappa shape index (κ2) is 11.3. The first-order valence-corrected chi connectivity index (χ1v) is 9.29. The van der Waals surface area contributed by atoms with Crippen molar-refractivity contribution in [3.63, 3.8) is 0 Å². The van der Waals surface area contributed by atoms with Crippen LogP contribution in [0, 0.1) is 5.92 Å². The topological polar surface area (TPSA) is 39.7 Å². The van der Waals surface area contributed by atoms with Crippen molar-refractivity contribution in [2.24, 2.45) is 10.9 Å². The molecule has 1 aliphatic rings. The molecule has 0 radical (unpaired) electrons. The fourth-order valence-electron chi connectivity index (χ4n) is 2.77. The molecule has 23 heavy (non-hydrogen) atoms. The van der Waals surface area contributed by atoms with Crippen LogP contribution < -0.4 is 10.6 Å². The first-order valence-electron chi connectivity index (χ1n) is 8.41. The lowest BCUT2D eigenvalue weighted by molar-refractivity contribution is 0.260. The predicted octanol–water partition coefficient (Wildman–Crippen LogP) is 3.33. The zero-order valence-electron chi connectivity index (χ0n) is 14.6. The van der Waals surface area contributed by atoms with Crippen LogP contribution in [0.3, 0.4) is 0 Å². The summed E-state index contributed by atoms with van der Waals surface area (Å²) in [5, 5.41) is 9.04. The molecular formula is C17H31IN4S. The molecule has 132 valence electrons. The SMILES string of the molecule is CN=C(NCCCC(C)C)NCCN1CCc2sccc2C1.I. The molecule has 0 aromatic carbocycles. The average Bonchev–Trinajstić information content (AvgIpc) is 2.97. The first kappa shape index (κ1) is 20.7. The van der Waals surface area contributed by atoms with Crippen LogP contribution in [0.1, 0.15) is 37.1 Å². The van der Waals surface area contributed by atoms with Gasteiger partial charge < -0.3 is 10.6 Å². The molecule has 0 atom stereocenters. The van der Waals surface area contributed by atoms with E-state index < -0.39 is 0 Å². The third kappa shape index (κ3) is 7.39. The van der Waals surface area contributed by atoms with Crippen molar-refractivity contribution in [1.82, 2.24) is 15.5 Å². The van der Waals surface area contributed by atoms with Crippen LogP contribution in [-0.4, -0.2) is 44.1 Å². The lowest BCUT2D eigenvalue weighted by Crippen LogP contribution is -2.42. The zero-order valence-corrected chi connectivity index (χ0v) is 17.7. The molecule has 1 aliphatic heterocycles. The van der Waals surface area contributed by atoms with E-state index in [1.165, 1.54) is 31.4 Å². The Morgan fingerprint density at radius 1 is 1.35 bits per heavy atom. The summed E-state index contributed by atoms with van der Waals surface area (Å²) < 4.78 is 0. The van der Waals surface area contributed by atoms with Gasteiger partial charge in [0.2, 0.25) is 0 Å². The molecule has 4 nitrogen and oxygen atoms in total. The quantitative estimate of drug-likeness (QED) is 0.290. The summed E-state index contributed by atoms with van der Waals surface area (Å²) in [6, 6.07) is 2.27. The Morgan fingerprint density at radius 2 is 2.13 bits per heavy atom. The summed E-state index contributed by atoms with van der Waals surface area (Å²) in [5.74, 6) is 1.70. The van der Waals surface area contributed by atoms with E-state index in [0.29, 0.717) is 0 Å². The number of thiophene rings is 1. The number of guanidine groups is 1. The molecule has 1 aromatic rings. The summed E-state index contributed by atoms with van der Waals surface area (Å²) in [6.45, 7) is 9.83. The van der Waals surface area contributed by atoms with Gasteiger partial charge in [0.25, 0.3) is 0 Å². The van der Waals surface area contributed by atoms with Gasteiger partial charge in [-0.2, -0.15) is 0 Å². The van der Waals surface area contributed by atoms with E-state index in [2.05, 4.69) is 45.8 Å². The van der Waals surface area contributed by atoms with Gasteiger partial charge in [0.1, 0.15) is 0 Å². The Labute approximate surface area is 162 Å². The van der Waals surface area contributed by atoms with Crippen molar-refractivity contribution in [1.29, 1.82) is 0 Å². The lowest BCUT2D eigenvalue weighted by atomic mass is 10.1. The Bertz CT molecular complexity index is 473. The molecule has 0 saturated carbocycles. The van der Waals surface area contributed by atoms with Crippen molar-refractivity contribution in [3.05, 3.63) is 21.9 Å². The van der Waals surface area contributed by atoms with Gasteiger partial charge in [0.05, 0.1) is 0 Å². The third-order valence-electron chi connectivity index (χ3n) is 4.08. The number of nitrogens with one attached hydrogen (secondary N) is 2. The molecule has 0 unspecified atom stereocenters. The maximum absolute atomic E-state index is 4.29.